The largest absolute Gasteiger partial charge is 0.495 e. The lowest BCUT2D eigenvalue weighted by Gasteiger charge is -2.16. The highest BCUT2D eigenvalue weighted by atomic mass is 79.9. The van der Waals surface area contributed by atoms with Gasteiger partial charge in [-0.15, -0.1) is 0 Å². The molecule has 0 aromatic heterocycles. The Balaban J connectivity index is 2.49. The lowest BCUT2D eigenvalue weighted by atomic mass is 10.1. The van der Waals surface area contributed by atoms with Gasteiger partial charge in [0.05, 0.1) is 36.8 Å². The Morgan fingerprint density at radius 1 is 1.24 bits per heavy atom. The summed E-state index contributed by atoms with van der Waals surface area (Å²) in [6.45, 7) is 0. The summed E-state index contributed by atoms with van der Waals surface area (Å²) >= 11 is 3.40. The maximum atomic E-state index is 11.8. The van der Waals surface area contributed by atoms with Gasteiger partial charge in [0.15, 0.2) is 0 Å². The Hall–Kier alpha value is -2.21. The van der Waals surface area contributed by atoms with Crippen molar-refractivity contribution in [2.45, 2.75) is 0 Å². The number of rotatable bonds is 4. The summed E-state index contributed by atoms with van der Waals surface area (Å²) in [5.74, 6) is 0.177. The summed E-state index contributed by atoms with van der Waals surface area (Å²) in [5, 5.41) is 3.14. The highest BCUT2D eigenvalue weighted by molar-refractivity contribution is 9.10. The Morgan fingerprint density at radius 3 is 2.67 bits per heavy atom. The summed E-state index contributed by atoms with van der Waals surface area (Å²) in [7, 11) is 2.90. The van der Waals surface area contributed by atoms with Crippen molar-refractivity contribution in [1.82, 2.24) is 0 Å². The number of hydrogen-bond donors (Lipinski definition) is 2. The van der Waals surface area contributed by atoms with Crippen LogP contribution in [0.3, 0.4) is 0 Å². The van der Waals surface area contributed by atoms with Crippen molar-refractivity contribution in [3.8, 4) is 5.75 Å². The number of ether oxygens (including phenoxy) is 2. The van der Waals surface area contributed by atoms with E-state index >= 15 is 0 Å². The van der Waals surface area contributed by atoms with Crippen molar-refractivity contribution < 1.29 is 14.3 Å². The van der Waals surface area contributed by atoms with Crippen LogP contribution in [0.15, 0.2) is 40.9 Å². The third kappa shape index (κ3) is 3.28. The van der Waals surface area contributed by atoms with Crippen LogP contribution in [-0.2, 0) is 4.74 Å². The smallest absolute Gasteiger partial charge is 0.340 e. The van der Waals surface area contributed by atoms with E-state index in [0.29, 0.717) is 28.4 Å². The fraction of sp³-hybridized carbons (Fsp3) is 0.133. The molecule has 0 heterocycles. The fourth-order valence-electron chi connectivity index (χ4n) is 1.90. The van der Waals surface area contributed by atoms with Crippen LogP contribution in [0, 0.1) is 0 Å². The zero-order valence-electron chi connectivity index (χ0n) is 11.6. The van der Waals surface area contributed by atoms with Gasteiger partial charge < -0.3 is 20.5 Å². The first-order valence-corrected chi connectivity index (χ1v) is 6.93. The molecule has 0 unspecified atom stereocenters. The summed E-state index contributed by atoms with van der Waals surface area (Å²) < 4.78 is 10.9. The number of hydrogen-bond acceptors (Lipinski definition) is 5. The Labute approximate surface area is 131 Å². The van der Waals surface area contributed by atoms with E-state index in [4.69, 9.17) is 15.2 Å². The summed E-state index contributed by atoms with van der Waals surface area (Å²) in [5.41, 5.74) is 7.95. The second-order valence-electron chi connectivity index (χ2n) is 4.23. The second kappa shape index (κ2) is 6.49. The van der Waals surface area contributed by atoms with Gasteiger partial charge in [-0.1, -0.05) is 22.0 Å². The van der Waals surface area contributed by atoms with Gasteiger partial charge in [-0.05, 0) is 30.3 Å². The quantitative estimate of drug-likeness (QED) is 0.651. The third-order valence-corrected chi connectivity index (χ3v) is 3.42. The molecular formula is C15H15BrN2O3. The van der Waals surface area contributed by atoms with Crippen LogP contribution in [-0.4, -0.2) is 20.2 Å². The summed E-state index contributed by atoms with van der Waals surface area (Å²) in [6, 6.07) is 10.6. The van der Waals surface area contributed by atoms with E-state index in [1.807, 2.05) is 18.2 Å². The van der Waals surface area contributed by atoms with E-state index in [-0.39, 0.29) is 0 Å². The minimum atomic E-state index is -0.459. The number of halogens is 1. The first-order chi connectivity index (χ1) is 10.1. The lowest BCUT2D eigenvalue weighted by Crippen LogP contribution is -2.08. The first-order valence-electron chi connectivity index (χ1n) is 6.14. The van der Waals surface area contributed by atoms with E-state index in [0.717, 1.165) is 4.47 Å². The second-order valence-corrected chi connectivity index (χ2v) is 5.15. The maximum Gasteiger partial charge on any atom is 0.340 e. The number of para-hydroxylation sites is 1. The number of carbonyl (C=O) groups is 1. The molecule has 2 aromatic rings. The molecule has 6 heteroatoms. The molecule has 0 aliphatic heterocycles. The number of anilines is 3. The zero-order valence-corrected chi connectivity index (χ0v) is 13.2. The Kier molecular flexibility index (Phi) is 4.70. The highest BCUT2D eigenvalue weighted by Gasteiger charge is 2.16. The van der Waals surface area contributed by atoms with E-state index in [1.165, 1.54) is 7.11 Å². The normalized spacial score (nSPS) is 10.0. The number of nitrogen functional groups attached to an aromatic ring is 1. The van der Waals surface area contributed by atoms with Crippen molar-refractivity contribution in [1.29, 1.82) is 0 Å². The number of benzene rings is 2. The standard InChI is InChI=1S/C15H15BrN2O3/c1-20-13-7-6-9(16)8-12(13)18-14-10(15(19)21-2)4-3-5-11(14)17/h3-8,18H,17H2,1-2H3. The molecular weight excluding hydrogens is 336 g/mol. The molecule has 21 heavy (non-hydrogen) atoms. The van der Waals surface area contributed by atoms with Crippen molar-refractivity contribution in [3.05, 3.63) is 46.4 Å². The molecule has 0 saturated heterocycles. The molecule has 0 spiro atoms. The van der Waals surface area contributed by atoms with E-state index in [9.17, 15) is 4.79 Å². The predicted octanol–water partition coefficient (Wildman–Crippen LogP) is 3.57. The molecule has 5 nitrogen and oxygen atoms in total. The van der Waals surface area contributed by atoms with Gasteiger partial charge in [-0.3, -0.25) is 0 Å². The molecule has 0 aliphatic rings. The number of nitrogens with one attached hydrogen (secondary N) is 1. The molecule has 0 bridgehead atoms. The molecule has 110 valence electrons. The SMILES string of the molecule is COC(=O)c1cccc(N)c1Nc1cc(Br)ccc1OC. The van der Waals surface area contributed by atoms with Gasteiger partial charge in [-0.2, -0.15) is 0 Å². The number of nitrogens with two attached hydrogens (primary N) is 1. The average Bonchev–Trinajstić information content (AvgIpc) is 2.48. The molecule has 0 saturated carbocycles. The van der Waals surface area contributed by atoms with Gasteiger partial charge >= 0.3 is 5.97 Å². The van der Waals surface area contributed by atoms with Crippen LogP contribution in [0.2, 0.25) is 0 Å². The number of esters is 1. The Bertz CT molecular complexity index is 674. The van der Waals surface area contributed by atoms with Crippen molar-refractivity contribution in [2.75, 3.05) is 25.3 Å². The summed E-state index contributed by atoms with van der Waals surface area (Å²) in [4.78, 5) is 11.8. The Morgan fingerprint density at radius 2 is 2.00 bits per heavy atom. The minimum Gasteiger partial charge on any atom is -0.495 e. The first kappa shape index (κ1) is 15.2. The molecule has 2 rings (SSSR count). The molecule has 3 N–H and O–H groups in total. The monoisotopic (exact) mass is 350 g/mol. The van der Waals surface area contributed by atoms with Crippen molar-refractivity contribution >= 4 is 39.0 Å². The van der Waals surface area contributed by atoms with E-state index in [2.05, 4.69) is 21.2 Å². The van der Waals surface area contributed by atoms with Crippen LogP contribution in [0.1, 0.15) is 10.4 Å². The van der Waals surface area contributed by atoms with Crippen molar-refractivity contribution in [3.63, 3.8) is 0 Å². The van der Waals surface area contributed by atoms with Gasteiger partial charge in [0.1, 0.15) is 5.75 Å². The van der Waals surface area contributed by atoms with Gasteiger partial charge in [0.2, 0.25) is 0 Å². The third-order valence-electron chi connectivity index (χ3n) is 2.92. The molecule has 0 radical (unpaired) electrons. The molecule has 0 atom stereocenters. The molecule has 0 aliphatic carbocycles. The van der Waals surface area contributed by atoms with Gasteiger partial charge in [0.25, 0.3) is 0 Å². The number of methoxy groups -OCH3 is 2. The molecule has 2 aromatic carbocycles. The highest BCUT2D eigenvalue weighted by Crippen LogP contribution is 2.34. The topological polar surface area (TPSA) is 73.6 Å². The average molecular weight is 351 g/mol. The van der Waals surface area contributed by atoms with Crippen LogP contribution >= 0.6 is 15.9 Å². The molecule has 0 fully saturated rings. The molecule has 0 amide bonds. The fourth-order valence-corrected chi connectivity index (χ4v) is 2.26. The van der Waals surface area contributed by atoms with Crippen LogP contribution in [0.25, 0.3) is 0 Å². The predicted molar refractivity (Wildman–Crippen MR) is 86.2 cm³/mol. The number of carbonyl (C=O) groups excluding carboxylic acids is 1. The van der Waals surface area contributed by atoms with Crippen LogP contribution < -0.4 is 15.8 Å². The van der Waals surface area contributed by atoms with Crippen LogP contribution in [0.5, 0.6) is 5.75 Å². The van der Waals surface area contributed by atoms with E-state index < -0.39 is 5.97 Å². The summed E-state index contributed by atoms with van der Waals surface area (Å²) in [6.07, 6.45) is 0. The van der Waals surface area contributed by atoms with Crippen LogP contribution in [0.4, 0.5) is 17.1 Å². The zero-order chi connectivity index (χ0) is 15.4. The lowest BCUT2D eigenvalue weighted by molar-refractivity contribution is 0.0602. The maximum absolute atomic E-state index is 11.8. The van der Waals surface area contributed by atoms with Crippen molar-refractivity contribution in [2.24, 2.45) is 0 Å². The van der Waals surface area contributed by atoms with Gasteiger partial charge in [-0.25, -0.2) is 4.79 Å². The van der Waals surface area contributed by atoms with E-state index in [1.54, 1.807) is 25.3 Å². The van der Waals surface area contributed by atoms with Gasteiger partial charge in [0, 0.05) is 4.47 Å². The minimum absolute atomic E-state index is 0.361.